The summed E-state index contributed by atoms with van der Waals surface area (Å²) in [5.74, 6) is -1.64. The molecule has 0 unspecified atom stereocenters. The second-order valence-electron chi connectivity index (χ2n) is 5.95. The Morgan fingerprint density at radius 1 is 1.07 bits per heavy atom. The maximum atomic E-state index is 12.5. The average Bonchev–Trinajstić information content (AvgIpc) is 2.95. The number of benzene rings is 2. The Morgan fingerprint density at radius 2 is 1.72 bits per heavy atom. The third kappa shape index (κ3) is 5.24. The summed E-state index contributed by atoms with van der Waals surface area (Å²) < 4.78 is 5.04. The molecule has 0 spiro atoms. The van der Waals surface area contributed by atoms with Crippen molar-refractivity contribution < 1.29 is 29.0 Å². The van der Waals surface area contributed by atoms with E-state index in [1.807, 2.05) is 0 Å². The molecule has 9 heteroatoms. The molecule has 3 rings (SSSR count). The summed E-state index contributed by atoms with van der Waals surface area (Å²) in [4.78, 5) is 48.7. The molecule has 0 radical (unpaired) electrons. The van der Waals surface area contributed by atoms with E-state index >= 15 is 0 Å². The molecule has 0 saturated carbocycles. The van der Waals surface area contributed by atoms with Crippen LogP contribution >= 0.6 is 23.4 Å². The van der Waals surface area contributed by atoms with Gasteiger partial charge in [0.05, 0.1) is 11.4 Å². The van der Waals surface area contributed by atoms with E-state index < -0.39 is 23.7 Å². The number of imide groups is 1. The minimum atomic E-state index is -1.09. The first-order chi connectivity index (χ1) is 13.8. The van der Waals surface area contributed by atoms with E-state index in [2.05, 4.69) is 0 Å². The second-order valence-corrected chi connectivity index (χ2v) is 7.38. The fourth-order valence-corrected chi connectivity index (χ4v) is 3.43. The van der Waals surface area contributed by atoms with Crippen molar-refractivity contribution in [3.63, 3.8) is 0 Å². The van der Waals surface area contributed by atoms with Crippen LogP contribution in [0.1, 0.15) is 15.9 Å². The molecule has 2 aromatic carbocycles. The molecule has 1 heterocycles. The highest BCUT2D eigenvalue weighted by molar-refractivity contribution is 8.18. The van der Waals surface area contributed by atoms with E-state index in [0.29, 0.717) is 21.9 Å². The van der Waals surface area contributed by atoms with Gasteiger partial charge in [-0.05, 0) is 59.8 Å². The van der Waals surface area contributed by atoms with Crippen LogP contribution in [0.5, 0.6) is 5.75 Å². The van der Waals surface area contributed by atoms with Crippen LogP contribution in [0.15, 0.2) is 53.4 Å². The lowest BCUT2D eigenvalue weighted by Crippen LogP contribution is -2.33. The SMILES string of the molecule is O=C(O)COc1ccc(/C=C2\SC(=O)N(CC(=O)c3ccc(Cl)cc3)C2=O)cc1. The number of halogens is 1. The molecule has 2 amide bonds. The lowest BCUT2D eigenvalue weighted by atomic mass is 10.1. The molecular formula is C20H14ClNO6S. The van der Waals surface area contributed by atoms with Crippen molar-refractivity contribution in [2.45, 2.75) is 0 Å². The molecule has 1 aliphatic rings. The number of amides is 2. The highest BCUT2D eigenvalue weighted by atomic mass is 35.5. The van der Waals surface area contributed by atoms with Crippen molar-refractivity contribution >= 4 is 52.3 Å². The van der Waals surface area contributed by atoms with E-state index in [4.69, 9.17) is 21.4 Å². The van der Waals surface area contributed by atoms with Crippen molar-refractivity contribution in [3.05, 3.63) is 69.6 Å². The summed E-state index contributed by atoms with van der Waals surface area (Å²) in [5.41, 5.74) is 0.983. The predicted molar refractivity (Wildman–Crippen MR) is 108 cm³/mol. The Labute approximate surface area is 174 Å². The number of carbonyl (C=O) groups is 4. The van der Waals surface area contributed by atoms with Gasteiger partial charge >= 0.3 is 5.97 Å². The highest BCUT2D eigenvalue weighted by Crippen LogP contribution is 2.32. The molecule has 0 atom stereocenters. The zero-order valence-electron chi connectivity index (χ0n) is 14.8. The third-order valence-corrected chi connectivity index (χ3v) is 5.04. The summed E-state index contributed by atoms with van der Waals surface area (Å²) in [6.45, 7) is -0.814. The fraction of sp³-hybridized carbons (Fsp3) is 0.100. The quantitative estimate of drug-likeness (QED) is 0.526. The van der Waals surface area contributed by atoms with Crippen LogP contribution in [0.3, 0.4) is 0 Å². The molecule has 1 N–H and O–H groups in total. The number of carboxylic acid groups (broad SMARTS) is 1. The largest absolute Gasteiger partial charge is 0.482 e. The first-order valence-electron chi connectivity index (χ1n) is 8.32. The molecule has 0 bridgehead atoms. The zero-order valence-corrected chi connectivity index (χ0v) is 16.4. The normalized spacial score (nSPS) is 15.1. The summed E-state index contributed by atoms with van der Waals surface area (Å²) in [5, 5.41) is 8.56. The van der Waals surface area contributed by atoms with Gasteiger partial charge in [-0.15, -0.1) is 0 Å². The van der Waals surface area contributed by atoms with Gasteiger partial charge in [0.2, 0.25) is 0 Å². The molecular weight excluding hydrogens is 418 g/mol. The molecule has 148 valence electrons. The fourth-order valence-electron chi connectivity index (χ4n) is 2.46. The smallest absolute Gasteiger partial charge is 0.341 e. The molecule has 0 aliphatic carbocycles. The van der Waals surface area contributed by atoms with E-state index in [-0.39, 0.29) is 17.2 Å². The van der Waals surface area contributed by atoms with Gasteiger partial charge in [-0.25, -0.2) is 4.79 Å². The van der Waals surface area contributed by atoms with E-state index in [1.165, 1.54) is 18.2 Å². The Balaban J connectivity index is 1.68. The Kier molecular flexibility index (Phi) is 6.36. The molecule has 2 aromatic rings. The molecule has 7 nitrogen and oxygen atoms in total. The van der Waals surface area contributed by atoms with Gasteiger partial charge in [0.15, 0.2) is 12.4 Å². The van der Waals surface area contributed by atoms with Crippen molar-refractivity contribution in [1.29, 1.82) is 0 Å². The first kappa shape index (κ1) is 20.6. The average molecular weight is 432 g/mol. The number of hydrogen-bond acceptors (Lipinski definition) is 6. The third-order valence-electron chi connectivity index (χ3n) is 3.88. The number of Topliss-reactive ketones (excluding diaryl/α,β-unsaturated/α-hetero) is 1. The number of thioether (sulfide) groups is 1. The van der Waals surface area contributed by atoms with Gasteiger partial charge in [-0.3, -0.25) is 19.3 Å². The number of carbonyl (C=O) groups excluding carboxylic acids is 3. The van der Waals surface area contributed by atoms with Gasteiger partial charge in [0.25, 0.3) is 11.1 Å². The number of ether oxygens (including phenoxy) is 1. The van der Waals surface area contributed by atoms with Crippen molar-refractivity contribution in [2.75, 3.05) is 13.2 Å². The van der Waals surface area contributed by atoms with Crippen LogP contribution in [0.2, 0.25) is 5.02 Å². The lowest BCUT2D eigenvalue weighted by Gasteiger charge is -2.11. The van der Waals surface area contributed by atoms with Crippen LogP contribution < -0.4 is 4.74 Å². The van der Waals surface area contributed by atoms with Gasteiger partial charge in [-0.1, -0.05) is 23.7 Å². The van der Waals surface area contributed by atoms with Crippen LogP contribution in [0.25, 0.3) is 6.08 Å². The maximum Gasteiger partial charge on any atom is 0.341 e. The van der Waals surface area contributed by atoms with Crippen LogP contribution in [0, 0.1) is 0 Å². The van der Waals surface area contributed by atoms with Gasteiger partial charge < -0.3 is 9.84 Å². The Morgan fingerprint density at radius 3 is 2.34 bits per heavy atom. The number of ketones is 1. The molecule has 0 aromatic heterocycles. The summed E-state index contributed by atoms with van der Waals surface area (Å²) in [7, 11) is 0. The van der Waals surface area contributed by atoms with Gasteiger partial charge in [0.1, 0.15) is 5.75 Å². The standard InChI is InChI=1S/C20H14ClNO6S/c21-14-5-3-13(4-6-14)16(23)10-22-19(26)17(29-20(22)27)9-12-1-7-15(8-2-12)28-11-18(24)25/h1-9H,10-11H2,(H,24,25)/b17-9-. The Hall–Kier alpha value is -3.10. The monoisotopic (exact) mass is 431 g/mol. The van der Waals surface area contributed by atoms with Crippen molar-refractivity contribution in [2.24, 2.45) is 0 Å². The lowest BCUT2D eigenvalue weighted by molar-refractivity contribution is -0.139. The minimum Gasteiger partial charge on any atom is -0.482 e. The molecule has 29 heavy (non-hydrogen) atoms. The molecule has 1 aliphatic heterocycles. The Bertz CT molecular complexity index is 1000. The topological polar surface area (TPSA) is 101 Å². The van der Waals surface area contributed by atoms with Crippen LogP contribution in [0.4, 0.5) is 4.79 Å². The number of nitrogens with zero attached hydrogens (tertiary/aromatic N) is 1. The maximum absolute atomic E-state index is 12.5. The van der Waals surface area contributed by atoms with Crippen molar-refractivity contribution in [3.8, 4) is 5.75 Å². The predicted octanol–water partition coefficient (Wildman–Crippen LogP) is 3.72. The number of carboxylic acids is 1. The van der Waals surface area contributed by atoms with Crippen LogP contribution in [-0.4, -0.2) is 46.1 Å². The molecule has 1 fully saturated rings. The van der Waals surface area contributed by atoms with E-state index in [0.717, 1.165) is 16.7 Å². The summed E-state index contributed by atoms with van der Waals surface area (Å²) in [6.07, 6.45) is 1.53. The van der Waals surface area contributed by atoms with Gasteiger partial charge in [0, 0.05) is 10.6 Å². The second kappa shape index (κ2) is 8.93. The number of aliphatic carboxylic acids is 1. The van der Waals surface area contributed by atoms with Crippen LogP contribution in [-0.2, 0) is 9.59 Å². The first-order valence-corrected chi connectivity index (χ1v) is 9.52. The molecule has 1 saturated heterocycles. The number of hydrogen-bond donors (Lipinski definition) is 1. The van der Waals surface area contributed by atoms with E-state index in [1.54, 1.807) is 36.4 Å². The minimum absolute atomic E-state index is 0.193. The van der Waals surface area contributed by atoms with Crippen molar-refractivity contribution in [1.82, 2.24) is 4.90 Å². The van der Waals surface area contributed by atoms with E-state index in [9.17, 15) is 19.2 Å². The highest BCUT2D eigenvalue weighted by Gasteiger charge is 2.36. The zero-order chi connectivity index (χ0) is 21.0. The number of rotatable bonds is 7. The van der Waals surface area contributed by atoms with Gasteiger partial charge in [-0.2, -0.15) is 0 Å². The summed E-state index contributed by atoms with van der Waals surface area (Å²) in [6, 6.07) is 12.6. The summed E-state index contributed by atoms with van der Waals surface area (Å²) >= 11 is 6.55.